The van der Waals surface area contributed by atoms with E-state index in [0.717, 1.165) is 31.2 Å². The minimum atomic E-state index is -0.284. The van der Waals surface area contributed by atoms with Gasteiger partial charge in [-0.1, -0.05) is 12.8 Å². The number of aromatic nitrogens is 3. The van der Waals surface area contributed by atoms with Gasteiger partial charge in [0.1, 0.15) is 6.33 Å². The number of rotatable bonds is 4. The Morgan fingerprint density at radius 1 is 1.39 bits per heavy atom. The number of hydrogen-bond donors (Lipinski definition) is 0. The second kappa shape index (κ2) is 8.41. The average Bonchev–Trinajstić information content (AvgIpc) is 3.01. The SMILES string of the molecule is CCOC(C)c1c(C)ccnc(Cl)ncn(C2CCCC2)c1=O. The van der Waals surface area contributed by atoms with Crippen LogP contribution in [-0.2, 0) is 4.74 Å². The van der Waals surface area contributed by atoms with Crippen LogP contribution in [0.3, 0.4) is 0 Å². The Bertz CT molecular complexity index is 653. The number of aryl methyl sites for hydroxylation is 1. The van der Waals surface area contributed by atoms with Crippen LogP contribution in [0.5, 0.6) is 0 Å². The quantitative estimate of drug-likeness (QED) is 0.835. The zero-order valence-corrected chi connectivity index (χ0v) is 14.7. The van der Waals surface area contributed by atoms with Gasteiger partial charge in [0.15, 0.2) is 0 Å². The Morgan fingerprint density at radius 2 is 2.09 bits per heavy atom. The predicted octanol–water partition coefficient (Wildman–Crippen LogP) is 3.94. The third-order valence-corrected chi connectivity index (χ3v) is 4.42. The van der Waals surface area contributed by atoms with Crippen LogP contribution < -0.4 is 5.56 Å². The second-order valence-electron chi connectivity index (χ2n) is 5.80. The number of nitrogens with zero attached hydrogens (tertiary/aromatic N) is 3. The molecule has 6 heteroatoms. The summed E-state index contributed by atoms with van der Waals surface area (Å²) >= 11 is 5.96. The van der Waals surface area contributed by atoms with E-state index in [1.54, 1.807) is 16.8 Å². The number of hydrogen-bond acceptors (Lipinski definition) is 4. The van der Waals surface area contributed by atoms with Crippen molar-refractivity contribution in [3.8, 4) is 0 Å². The minimum Gasteiger partial charge on any atom is -0.374 e. The van der Waals surface area contributed by atoms with Gasteiger partial charge in [-0.05, 0) is 56.8 Å². The molecule has 0 saturated heterocycles. The van der Waals surface area contributed by atoms with Crippen molar-refractivity contribution < 1.29 is 4.74 Å². The molecule has 23 heavy (non-hydrogen) atoms. The van der Waals surface area contributed by atoms with Crippen LogP contribution in [0.4, 0.5) is 0 Å². The van der Waals surface area contributed by atoms with E-state index in [2.05, 4.69) is 9.97 Å². The van der Waals surface area contributed by atoms with Crippen LogP contribution in [0.25, 0.3) is 0 Å². The van der Waals surface area contributed by atoms with Crippen molar-refractivity contribution in [3.05, 3.63) is 45.4 Å². The molecular formula is C17H24ClN3O2. The summed E-state index contributed by atoms with van der Waals surface area (Å²) in [5.41, 5.74) is 1.42. The predicted molar refractivity (Wildman–Crippen MR) is 91.2 cm³/mol. The van der Waals surface area contributed by atoms with Crippen LogP contribution >= 0.6 is 11.6 Å². The van der Waals surface area contributed by atoms with Crippen molar-refractivity contribution >= 4 is 11.6 Å². The standard InChI is InChI=1S/C17H24ClN3O2/c1-4-23-13(3)15-12(2)9-10-19-17(18)20-11-21(16(15)22)14-7-5-6-8-14/h9-11,13-14H,4-8H2,1-3H3. The van der Waals surface area contributed by atoms with E-state index in [9.17, 15) is 4.79 Å². The van der Waals surface area contributed by atoms with E-state index in [0.29, 0.717) is 12.2 Å². The molecule has 0 bridgehead atoms. The third-order valence-electron chi connectivity index (χ3n) is 4.23. The van der Waals surface area contributed by atoms with E-state index in [1.165, 1.54) is 6.33 Å². The third kappa shape index (κ3) is 4.52. The Hall–Kier alpha value is -1.46. The van der Waals surface area contributed by atoms with Crippen molar-refractivity contribution in [2.75, 3.05) is 6.61 Å². The smallest absolute Gasteiger partial charge is 0.258 e. The molecule has 0 aromatic carbocycles. The number of halogens is 1. The molecule has 0 spiro atoms. The lowest BCUT2D eigenvalue weighted by molar-refractivity contribution is 0.0746. The van der Waals surface area contributed by atoms with Crippen molar-refractivity contribution in [3.63, 3.8) is 0 Å². The molecule has 1 unspecified atom stereocenters. The first-order chi connectivity index (χ1) is 11.0. The molecule has 1 atom stereocenters. The van der Waals surface area contributed by atoms with Crippen molar-refractivity contribution in [2.24, 2.45) is 0 Å². The Labute approximate surface area is 142 Å². The second-order valence-corrected chi connectivity index (χ2v) is 6.14. The molecule has 0 aliphatic heterocycles. The molecule has 2 rings (SSSR count). The highest BCUT2D eigenvalue weighted by Crippen LogP contribution is 2.28. The Kier molecular flexibility index (Phi) is 6.54. The van der Waals surface area contributed by atoms with Crippen molar-refractivity contribution in [1.82, 2.24) is 14.5 Å². The van der Waals surface area contributed by atoms with Gasteiger partial charge in [-0.3, -0.25) is 9.36 Å². The Morgan fingerprint density at radius 3 is 2.74 bits per heavy atom. The lowest BCUT2D eigenvalue weighted by atomic mass is 10.1. The fraction of sp³-hybridized carbons (Fsp3) is 0.588. The van der Waals surface area contributed by atoms with Gasteiger partial charge in [-0.2, -0.15) is 0 Å². The summed E-state index contributed by atoms with van der Waals surface area (Å²) in [6.45, 7) is 6.28. The van der Waals surface area contributed by atoms with Gasteiger partial charge in [-0.25, -0.2) is 9.97 Å². The molecule has 126 valence electrons. The molecule has 0 radical (unpaired) electrons. The van der Waals surface area contributed by atoms with Gasteiger partial charge < -0.3 is 4.74 Å². The molecule has 1 aliphatic carbocycles. The summed E-state index contributed by atoms with van der Waals surface area (Å²) in [4.78, 5) is 21.3. The van der Waals surface area contributed by atoms with Gasteiger partial charge in [0, 0.05) is 24.4 Å². The van der Waals surface area contributed by atoms with Crippen molar-refractivity contribution in [2.45, 2.75) is 58.6 Å². The van der Waals surface area contributed by atoms with E-state index < -0.39 is 0 Å². The maximum absolute atomic E-state index is 13.2. The average molecular weight is 338 g/mol. The maximum Gasteiger partial charge on any atom is 0.258 e. The molecular weight excluding hydrogens is 314 g/mol. The van der Waals surface area contributed by atoms with E-state index >= 15 is 0 Å². The molecule has 5 nitrogen and oxygen atoms in total. The highest BCUT2D eigenvalue weighted by atomic mass is 35.5. The van der Waals surface area contributed by atoms with E-state index in [4.69, 9.17) is 16.3 Å². The normalized spacial score (nSPS) is 16.2. The molecule has 0 N–H and O–H groups in total. The summed E-state index contributed by atoms with van der Waals surface area (Å²) in [5, 5.41) is 0.117. The first kappa shape index (κ1) is 17.9. The summed E-state index contributed by atoms with van der Waals surface area (Å²) in [6, 6.07) is 1.94. The van der Waals surface area contributed by atoms with Crippen LogP contribution in [-0.4, -0.2) is 21.1 Å². The molecule has 1 heterocycles. The maximum atomic E-state index is 13.2. The first-order valence-electron chi connectivity index (χ1n) is 8.13. The largest absolute Gasteiger partial charge is 0.374 e. The summed E-state index contributed by atoms with van der Waals surface area (Å²) in [7, 11) is 0. The van der Waals surface area contributed by atoms with Crippen LogP contribution in [0, 0.1) is 6.92 Å². The van der Waals surface area contributed by atoms with Gasteiger partial charge in [0.25, 0.3) is 5.56 Å². The molecule has 1 aromatic heterocycles. The fourth-order valence-electron chi connectivity index (χ4n) is 3.07. The summed E-state index contributed by atoms with van der Waals surface area (Å²) in [5.74, 6) is 0. The highest BCUT2D eigenvalue weighted by Gasteiger charge is 2.20. The zero-order valence-electron chi connectivity index (χ0n) is 14.0. The minimum absolute atomic E-state index is 0.0601. The van der Waals surface area contributed by atoms with Crippen LogP contribution in [0.1, 0.15) is 62.8 Å². The highest BCUT2D eigenvalue weighted by molar-refractivity contribution is 6.28. The lowest BCUT2D eigenvalue weighted by Gasteiger charge is -2.16. The van der Waals surface area contributed by atoms with Crippen LogP contribution in [0.2, 0.25) is 5.28 Å². The van der Waals surface area contributed by atoms with E-state index in [-0.39, 0.29) is 23.0 Å². The zero-order chi connectivity index (χ0) is 16.8. The van der Waals surface area contributed by atoms with Gasteiger partial charge in [0.2, 0.25) is 5.28 Å². The fourth-order valence-corrected chi connectivity index (χ4v) is 3.17. The number of ether oxygens (including phenoxy) is 1. The Balaban J connectivity index is 2.73. The first-order valence-corrected chi connectivity index (χ1v) is 8.51. The molecule has 0 amide bonds. The van der Waals surface area contributed by atoms with Gasteiger partial charge in [0.05, 0.1) is 6.10 Å². The van der Waals surface area contributed by atoms with Gasteiger partial charge in [-0.15, -0.1) is 0 Å². The molecule has 1 aliphatic rings. The monoisotopic (exact) mass is 337 g/mol. The van der Waals surface area contributed by atoms with Gasteiger partial charge >= 0.3 is 0 Å². The molecule has 1 fully saturated rings. The van der Waals surface area contributed by atoms with Crippen molar-refractivity contribution in [1.29, 1.82) is 0 Å². The summed E-state index contributed by atoms with van der Waals surface area (Å²) < 4.78 is 7.38. The topological polar surface area (TPSA) is 57.0 Å². The lowest BCUT2D eigenvalue weighted by Crippen LogP contribution is -2.27. The molecule has 1 saturated carbocycles. The van der Waals surface area contributed by atoms with E-state index in [1.807, 2.05) is 20.8 Å². The molecule has 1 aromatic rings. The summed E-state index contributed by atoms with van der Waals surface area (Å²) in [6.07, 6.45) is 7.02. The van der Waals surface area contributed by atoms with Crippen LogP contribution in [0.15, 0.2) is 23.4 Å².